The lowest BCUT2D eigenvalue weighted by atomic mass is 10.1. The zero-order valence-electron chi connectivity index (χ0n) is 18.2. The highest BCUT2D eigenvalue weighted by Crippen LogP contribution is 2.21. The first-order valence-electron chi connectivity index (χ1n) is 11.3. The largest absolute Gasteiger partial charge is 0.378 e. The number of H-pyrrole nitrogens is 1. The van der Waals surface area contributed by atoms with Crippen LogP contribution in [0.5, 0.6) is 0 Å². The lowest BCUT2D eigenvalue weighted by Crippen LogP contribution is -3.13. The van der Waals surface area contributed by atoms with Crippen LogP contribution in [0, 0.1) is 6.92 Å². The van der Waals surface area contributed by atoms with Crippen LogP contribution < -0.4 is 20.1 Å². The normalized spacial score (nSPS) is 18.0. The van der Waals surface area contributed by atoms with E-state index in [0.717, 1.165) is 86.9 Å². The van der Waals surface area contributed by atoms with Crippen LogP contribution in [0.2, 0.25) is 0 Å². The Morgan fingerprint density at radius 3 is 2.39 bits per heavy atom. The van der Waals surface area contributed by atoms with Gasteiger partial charge in [-0.3, -0.25) is 4.79 Å². The van der Waals surface area contributed by atoms with Gasteiger partial charge in [0, 0.05) is 41.1 Å². The molecule has 2 N–H and O–H groups in total. The third-order valence-electron chi connectivity index (χ3n) is 6.69. The highest BCUT2D eigenvalue weighted by Gasteiger charge is 2.23. The van der Waals surface area contributed by atoms with Crippen LogP contribution in [0.3, 0.4) is 0 Å². The summed E-state index contributed by atoms with van der Waals surface area (Å²) in [6, 6.07) is 16.8. The fourth-order valence-electron chi connectivity index (χ4n) is 4.82. The van der Waals surface area contributed by atoms with Crippen molar-refractivity contribution in [3.05, 3.63) is 70.0 Å². The molecule has 2 fully saturated rings. The van der Waals surface area contributed by atoms with Crippen molar-refractivity contribution in [1.82, 2.24) is 4.98 Å². The molecule has 6 heteroatoms. The number of pyridine rings is 1. The van der Waals surface area contributed by atoms with E-state index in [2.05, 4.69) is 57.2 Å². The first-order chi connectivity index (χ1) is 15.2. The Kier molecular flexibility index (Phi) is 5.66. The van der Waals surface area contributed by atoms with E-state index in [-0.39, 0.29) is 5.43 Å². The van der Waals surface area contributed by atoms with Gasteiger partial charge in [0.05, 0.1) is 45.0 Å². The number of hydrogen-bond acceptors (Lipinski definition) is 4. The van der Waals surface area contributed by atoms with E-state index in [4.69, 9.17) is 4.74 Å². The van der Waals surface area contributed by atoms with Crippen molar-refractivity contribution in [2.75, 3.05) is 62.3 Å². The number of hydrogen-bond donors (Lipinski definition) is 2. The van der Waals surface area contributed by atoms with Crippen LogP contribution in [0.4, 0.5) is 11.4 Å². The molecular weight excluding hydrogens is 388 g/mol. The molecule has 0 atom stereocenters. The molecular formula is C25H31N4O2+. The number of nitrogens with zero attached hydrogens (tertiary/aromatic N) is 2. The van der Waals surface area contributed by atoms with Crippen LogP contribution in [0.15, 0.2) is 53.3 Å². The molecule has 0 saturated carbocycles. The van der Waals surface area contributed by atoms with Gasteiger partial charge in [0.15, 0.2) is 5.43 Å². The van der Waals surface area contributed by atoms with Crippen LogP contribution in [0.1, 0.15) is 11.3 Å². The summed E-state index contributed by atoms with van der Waals surface area (Å²) in [5.41, 5.74) is 5.42. The molecule has 6 nitrogen and oxygen atoms in total. The van der Waals surface area contributed by atoms with Crippen molar-refractivity contribution in [1.29, 1.82) is 0 Å². The summed E-state index contributed by atoms with van der Waals surface area (Å²) in [6.07, 6.45) is 0. The van der Waals surface area contributed by atoms with Crippen molar-refractivity contribution in [3.63, 3.8) is 0 Å². The molecule has 3 heterocycles. The van der Waals surface area contributed by atoms with E-state index in [1.165, 1.54) is 10.6 Å². The van der Waals surface area contributed by atoms with Gasteiger partial charge in [-0.05, 0) is 37.3 Å². The predicted molar refractivity (Wildman–Crippen MR) is 125 cm³/mol. The second-order valence-electron chi connectivity index (χ2n) is 8.64. The molecule has 162 valence electrons. The summed E-state index contributed by atoms with van der Waals surface area (Å²) in [4.78, 5) is 23.2. The molecule has 2 aromatic carbocycles. The number of fused-ring (bicyclic) bond motifs is 1. The number of anilines is 2. The molecule has 0 unspecified atom stereocenters. The quantitative estimate of drug-likeness (QED) is 0.674. The Hall–Kier alpha value is -2.83. The molecule has 2 aliphatic heterocycles. The first-order valence-corrected chi connectivity index (χ1v) is 11.3. The van der Waals surface area contributed by atoms with Crippen LogP contribution in [-0.4, -0.2) is 57.5 Å². The topological polar surface area (TPSA) is 53.0 Å². The SMILES string of the molecule is Cc1[nH]c2ccc(N3CCOCC3)cc2c(=O)c1C[NH+]1CCN(c2ccccc2)CC1. The molecule has 0 amide bonds. The lowest BCUT2D eigenvalue weighted by molar-refractivity contribution is -0.914. The number of aromatic amines is 1. The second kappa shape index (κ2) is 8.73. The molecule has 5 rings (SSSR count). The molecule has 2 saturated heterocycles. The molecule has 1 aromatic heterocycles. The number of rotatable bonds is 4. The fraction of sp³-hybridized carbons (Fsp3) is 0.400. The van der Waals surface area contributed by atoms with E-state index in [1.807, 2.05) is 13.0 Å². The third-order valence-corrected chi connectivity index (χ3v) is 6.69. The number of aryl methyl sites for hydroxylation is 1. The minimum atomic E-state index is 0.180. The van der Waals surface area contributed by atoms with Gasteiger partial charge < -0.3 is 24.4 Å². The summed E-state index contributed by atoms with van der Waals surface area (Å²) in [7, 11) is 0. The second-order valence-corrected chi connectivity index (χ2v) is 8.64. The van der Waals surface area contributed by atoms with Crippen LogP contribution in [0.25, 0.3) is 10.9 Å². The number of morpholine rings is 1. The van der Waals surface area contributed by atoms with Crippen molar-refractivity contribution < 1.29 is 9.64 Å². The summed E-state index contributed by atoms with van der Waals surface area (Å²) in [6.45, 7) is 10.2. The molecule has 0 radical (unpaired) electrons. The molecule has 3 aromatic rings. The minimum absolute atomic E-state index is 0.180. The number of nitrogens with one attached hydrogen (secondary N) is 2. The van der Waals surface area contributed by atoms with Crippen LogP contribution in [-0.2, 0) is 11.3 Å². The maximum absolute atomic E-state index is 13.5. The first kappa shape index (κ1) is 20.1. The zero-order chi connectivity index (χ0) is 21.2. The average Bonchev–Trinajstić information content (AvgIpc) is 2.83. The van der Waals surface area contributed by atoms with Crippen molar-refractivity contribution >= 4 is 22.3 Å². The molecule has 0 spiro atoms. The maximum Gasteiger partial charge on any atom is 0.198 e. The Bertz CT molecular complexity index is 1100. The highest BCUT2D eigenvalue weighted by molar-refractivity contribution is 5.83. The zero-order valence-corrected chi connectivity index (χ0v) is 18.2. The minimum Gasteiger partial charge on any atom is -0.378 e. The lowest BCUT2D eigenvalue weighted by Gasteiger charge is -2.33. The van der Waals surface area contributed by atoms with E-state index < -0.39 is 0 Å². The molecule has 0 aliphatic carbocycles. The van der Waals surface area contributed by atoms with Gasteiger partial charge in [-0.15, -0.1) is 0 Å². The van der Waals surface area contributed by atoms with Gasteiger partial charge in [0.2, 0.25) is 0 Å². The van der Waals surface area contributed by atoms with Crippen molar-refractivity contribution in [3.8, 4) is 0 Å². The number of aromatic nitrogens is 1. The van der Waals surface area contributed by atoms with Gasteiger partial charge in [-0.25, -0.2) is 0 Å². The van der Waals surface area contributed by atoms with E-state index in [1.54, 1.807) is 0 Å². The maximum atomic E-state index is 13.5. The summed E-state index contributed by atoms with van der Waals surface area (Å²) < 4.78 is 5.47. The Morgan fingerprint density at radius 1 is 0.935 bits per heavy atom. The fourth-order valence-corrected chi connectivity index (χ4v) is 4.82. The van der Waals surface area contributed by atoms with Crippen molar-refractivity contribution in [2.45, 2.75) is 13.5 Å². The van der Waals surface area contributed by atoms with Gasteiger partial charge in [-0.1, -0.05) is 18.2 Å². The number of para-hydroxylation sites is 1. The number of piperazine rings is 1. The molecule has 2 aliphatic rings. The van der Waals surface area contributed by atoms with Gasteiger partial charge >= 0.3 is 0 Å². The smallest absolute Gasteiger partial charge is 0.198 e. The Morgan fingerprint density at radius 2 is 1.65 bits per heavy atom. The monoisotopic (exact) mass is 419 g/mol. The van der Waals surface area contributed by atoms with E-state index in [9.17, 15) is 4.79 Å². The summed E-state index contributed by atoms with van der Waals surface area (Å²) >= 11 is 0. The van der Waals surface area contributed by atoms with E-state index >= 15 is 0 Å². The third kappa shape index (κ3) is 4.18. The average molecular weight is 420 g/mol. The predicted octanol–water partition coefficient (Wildman–Crippen LogP) is 1.58. The molecule has 31 heavy (non-hydrogen) atoms. The van der Waals surface area contributed by atoms with Crippen molar-refractivity contribution in [2.24, 2.45) is 0 Å². The Balaban J connectivity index is 1.35. The van der Waals surface area contributed by atoms with Gasteiger partial charge in [0.1, 0.15) is 6.54 Å². The van der Waals surface area contributed by atoms with Crippen LogP contribution >= 0.6 is 0 Å². The number of benzene rings is 2. The Labute approximate surface area is 183 Å². The standard InChI is InChI=1S/C25H30N4O2/c1-19-23(18-27-9-11-28(12-10-27)20-5-3-2-4-6-20)25(30)22-17-21(7-8-24(22)26-19)29-13-15-31-16-14-29/h2-8,17H,9-16,18H2,1H3,(H,26,30)/p+1. The molecule has 0 bridgehead atoms. The summed E-state index contributed by atoms with van der Waals surface area (Å²) in [5, 5.41) is 0.798. The summed E-state index contributed by atoms with van der Waals surface area (Å²) in [5.74, 6) is 0. The van der Waals surface area contributed by atoms with Gasteiger partial charge in [-0.2, -0.15) is 0 Å². The number of quaternary nitrogens is 1. The highest BCUT2D eigenvalue weighted by atomic mass is 16.5. The van der Waals surface area contributed by atoms with Gasteiger partial charge in [0.25, 0.3) is 0 Å². The number of ether oxygens (including phenoxy) is 1. The van der Waals surface area contributed by atoms with E-state index in [0.29, 0.717) is 0 Å².